The van der Waals surface area contributed by atoms with Crippen molar-refractivity contribution >= 4 is 17.8 Å². The Morgan fingerprint density at radius 1 is 1.15 bits per heavy atom. The van der Waals surface area contributed by atoms with Gasteiger partial charge in [0.25, 0.3) is 0 Å². The molecule has 2 bridgehead atoms. The molecule has 8 heteroatoms. The number of urea groups is 1. The van der Waals surface area contributed by atoms with E-state index in [1.165, 1.54) is 4.90 Å². The van der Waals surface area contributed by atoms with E-state index in [2.05, 4.69) is 4.98 Å². The average Bonchev–Trinajstić information content (AvgIpc) is 2.95. The van der Waals surface area contributed by atoms with Crippen molar-refractivity contribution in [2.75, 3.05) is 19.6 Å². The first-order valence-corrected chi connectivity index (χ1v) is 9.59. The third-order valence-corrected chi connectivity index (χ3v) is 5.76. The Kier molecular flexibility index (Phi) is 4.72. The fourth-order valence-corrected chi connectivity index (χ4v) is 4.42. The number of piperazine rings is 1. The molecule has 2 atom stereocenters. The molecule has 3 aliphatic rings. The van der Waals surface area contributed by atoms with Gasteiger partial charge < -0.3 is 14.5 Å². The van der Waals surface area contributed by atoms with E-state index in [0.29, 0.717) is 19.0 Å². The normalized spacial score (nSPS) is 27.9. The predicted octanol–water partition coefficient (Wildman–Crippen LogP) is 1.27. The van der Waals surface area contributed by atoms with E-state index < -0.39 is 11.8 Å². The van der Waals surface area contributed by atoms with E-state index in [1.807, 2.05) is 30.0 Å². The molecule has 27 heavy (non-hydrogen) atoms. The zero-order valence-corrected chi connectivity index (χ0v) is 15.4. The number of carbonyl (C=O) groups excluding carboxylic acids is 3. The summed E-state index contributed by atoms with van der Waals surface area (Å²) in [7, 11) is 0. The first-order chi connectivity index (χ1) is 13.1. The maximum absolute atomic E-state index is 13.0. The number of nitrogens with zero attached hydrogens (tertiary/aromatic N) is 4. The third-order valence-electron chi connectivity index (χ3n) is 5.76. The summed E-state index contributed by atoms with van der Waals surface area (Å²) in [6.45, 7) is 2.98. The maximum Gasteiger partial charge on any atom is 0.327 e. The van der Waals surface area contributed by atoms with Gasteiger partial charge in [0.15, 0.2) is 0 Å². The number of carbonyl (C=O) groups is 3. The molecule has 4 amide bonds. The lowest BCUT2D eigenvalue weighted by molar-refractivity contribution is -0.154. The van der Waals surface area contributed by atoms with Crippen molar-refractivity contribution in [2.24, 2.45) is 0 Å². The Bertz CT molecular complexity index is 726. The van der Waals surface area contributed by atoms with E-state index in [9.17, 15) is 14.4 Å². The molecule has 3 saturated heterocycles. The van der Waals surface area contributed by atoms with E-state index in [1.54, 1.807) is 6.20 Å². The van der Waals surface area contributed by atoms with Gasteiger partial charge in [-0.15, -0.1) is 0 Å². The standard InChI is InChI=1S/C19H24N4O4/c1-2-21-9-10-22(18(25)17(21)24)19(26)23-13-6-7-14(23)12-15(11-13)27-16-5-3-4-8-20-16/h3-5,8,13-15H,2,6-7,9-12H2,1H3. The number of amides is 4. The highest BCUT2D eigenvalue weighted by molar-refractivity contribution is 6.38. The SMILES string of the molecule is CCN1CCN(C(=O)N2C3CCC2CC(Oc2ccccn2)C3)C(=O)C1=O. The van der Waals surface area contributed by atoms with Crippen LogP contribution in [0.2, 0.25) is 0 Å². The molecule has 4 rings (SSSR count). The smallest absolute Gasteiger partial charge is 0.327 e. The van der Waals surface area contributed by atoms with Gasteiger partial charge in [0.1, 0.15) is 6.10 Å². The highest BCUT2D eigenvalue weighted by atomic mass is 16.5. The van der Waals surface area contributed by atoms with Gasteiger partial charge in [-0.3, -0.25) is 14.5 Å². The Labute approximate surface area is 158 Å². The van der Waals surface area contributed by atoms with Crippen LogP contribution in [-0.2, 0) is 9.59 Å². The molecular weight excluding hydrogens is 348 g/mol. The molecule has 0 aliphatic carbocycles. The molecule has 8 nitrogen and oxygen atoms in total. The molecule has 0 N–H and O–H groups in total. The highest BCUT2D eigenvalue weighted by Crippen LogP contribution is 2.38. The highest BCUT2D eigenvalue weighted by Gasteiger charge is 2.48. The second-order valence-corrected chi connectivity index (χ2v) is 7.30. The van der Waals surface area contributed by atoms with Gasteiger partial charge in [-0.1, -0.05) is 6.07 Å². The van der Waals surface area contributed by atoms with Gasteiger partial charge in [0.05, 0.1) is 0 Å². The fraction of sp³-hybridized carbons (Fsp3) is 0.579. The number of piperidine rings is 1. The molecule has 144 valence electrons. The molecule has 0 saturated carbocycles. The third kappa shape index (κ3) is 3.24. The Morgan fingerprint density at radius 2 is 1.89 bits per heavy atom. The number of rotatable bonds is 3. The van der Waals surface area contributed by atoms with Crippen molar-refractivity contribution in [3.05, 3.63) is 24.4 Å². The summed E-state index contributed by atoms with van der Waals surface area (Å²) in [5.74, 6) is -0.699. The molecule has 1 aromatic rings. The second-order valence-electron chi connectivity index (χ2n) is 7.30. The summed E-state index contributed by atoms with van der Waals surface area (Å²) in [6, 6.07) is 5.31. The van der Waals surface area contributed by atoms with Crippen LogP contribution in [0.1, 0.15) is 32.6 Å². The van der Waals surface area contributed by atoms with Crippen LogP contribution in [-0.4, -0.2) is 75.4 Å². The molecule has 0 spiro atoms. The summed E-state index contributed by atoms with van der Waals surface area (Å²) < 4.78 is 5.99. The number of pyridine rings is 1. The van der Waals surface area contributed by atoms with Crippen molar-refractivity contribution in [3.63, 3.8) is 0 Å². The lowest BCUT2D eigenvalue weighted by atomic mass is 10.00. The molecule has 0 radical (unpaired) electrons. The van der Waals surface area contributed by atoms with Crippen LogP contribution in [0, 0.1) is 0 Å². The van der Waals surface area contributed by atoms with Crippen LogP contribution < -0.4 is 4.74 Å². The van der Waals surface area contributed by atoms with Crippen LogP contribution >= 0.6 is 0 Å². The van der Waals surface area contributed by atoms with Gasteiger partial charge >= 0.3 is 17.8 Å². The lowest BCUT2D eigenvalue weighted by Gasteiger charge is -2.42. The minimum atomic E-state index is -0.709. The van der Waals surface area contributed by atoms with Crippen LogP contribution in [0.15, 0.2) is 24.4 Å². The second kappa shape index (κ2) is 7.17. The quantitative estimate of drug-likeness (QED) is 0.746. The van der Waals surface area contributed by atoms with Gasteiger partial charge in [-0.2, -0.15) is 0 Å². The zero-order chi connectivity index (χ0) is 19.0. The van der Waals surface area contributed by atoms with E-state index in [4.69, 9.17) is 4.74 Å². The van der Waals surface area contributed by atoms with Crippen LogP contribution in [0.3, 0.4) is 0 Å². The summed E-state index contributed by atoms with van der Waals surface area (Å²) in [4.78, 5) is 46.2. The zero-order valence-electron chi connectivity index (χ0n) is 15.4. The summed E-state index contributed by atoms with van der Waals surface area (Å²) in [6.07, 6.45) is 4.94. The van der Waals surface area contributed by atoms with Crippen molar-refractivity contribution in [3.8, 4) is 5.88 Å². The lowest BCUT2D eigenvalue weighted by Crippen LogP contribution is -2.61. The molecule has 2 unspecified atom stereocenters. The Balaban J connectivity index is 1.43. The number of hydrogen-bond acceptors (Lipinski definition) is 5. The molecule has 3 fully saturated rings. The van der Waals surface area contributed by atoms with Gasteiger partial charge in [-0.25, -0.2) is 9.78 Å². The number of fused-ring (bicyclic) bond motifs is 2. The molecule has 1 aromatic heterocycles. The fourth-order valence-electron chi connectivity index (χ4n) is 4.42. The predicted molar refractivity (Wildman–Crippen MR) is 95.9 cm³/mol. The molecule has 0 aromatic carbocycles. The Hall–Kier alpha value is -2.64. The van der Waals surface area contributed by atoms with Crippen molar-refractivity contribution < 1.29 is 19.1 Å². The minimum absolute atomic E-state index is 0.00993. The first-order valence-electron chi connectivity index (χ1n) is 9.59. The largest absolute Gasteiger partial charge is 0.474 e. The van der Waals surface area contributed by atoms with Gasteiger partial charge in [-0.05, 0) is 25.8 Å². The number of ether oxygens (including phenoxy) is 1. The summed E-state index contributed by atoms with van der Waals surface area (Å²) >= 11 is 0. The monoisotopic (exact) mass is 372 g/mol. The molecule has 4 heterocycles. The van der Waals surface area contributed by atoms with E-state index in [0.717, 1.165) is 30.6 Å². The van der Waals surface area contributed by atoms with Crippen LogP contribution in [0.4, 0.5) is 4.79 Å². The number of imide groups is 1. The summed E-state index contributed by atoms with van der Waals surface area (Å²) in [5.41, 5.74) is 0. The van der Waals surface area contributed by atoms with Gasteiger partial charge in [0, 0.05) is 56.8 Å². The number of aromatic nitrogens is 1. The van der Waals surface area contributed by atoms with Crippen LogP contribution in [0.25, 0.3) is 0 Å². The summed E-state index contributed by atoms with van der Waals surface area (Å²) in [5, 5.41) is 0. The van der Waals surface area contributed by atoms with E-state index in [-0.39, 0.29) is 30.8 Å². The topological polar surface area (TPSA) is 83.0 Å². The Morgan fingerprint density at radius 3 is 2.52 bits per heavy atom. The number of hydrogen-bond donors (Lipinski definition) is 0. The average molecular weight is 372 g/mol. The molecule has 3 aliphatic heterocycles. The first kappa shape index (κ1) is 17.8. The number of likely N-dealkylation sites (N-methyl/N-ethyl adjacent to an activating group) is 1. The van der Waals surface area contributed by atoms with Crippen molar-refractivity contribution in [1.82, 2.24) is 19.7 Å². The van der Waals surface area contributed by atoms with E-state index >= 15 is 0 Å². The van der Waals surface area contributed by atoms with Crippen molar-refractivity contribution in [2.45, 2.75) is 50.8 Å². The maximum atomic E-state index is 13.0. The molecular formula is C19H24N4O4. The van der Waals surface area contributed by atoms with Crippen LogP contribution in [0.5, 0.6) is 5.88 Å². The minimum Gasteiger partial charge on any atom is -0.474 e. The van der Waals surface area contributed by atoms with Crippen molar-refractivity contribution in [1.29, 1.82) is 0 Å². The van der Waals surface area contributed by atoms with Gasteiger partial charge in [0.2, 0.25) is 5.88 Å².